The minimum atomic E-state index is -3.37. The second kappa shape index (κ2) is 6.02. The van der Waals surface area contributed by atoms with Gasteiger partial charge in [-0.05, 0) is 0 Å². The molecule has 0 aromatic heterocycles. The standard InChI is InChI=1S/C9H6F2NO4.3CH3.Sn/c1-2-16-9(13)5-3-6(10)7(11)4-8(5)12(14)15;;;;/h3H,2H2,1H3;3*1H3;. The Labute approximate surface area is 118 Å². The van der Waals surface area contributed by atoms with Crippen molar-refractivity contribution in [2.24, 2.45) is 0 Å². The third-order valence-corrected chi connectivity index (χ3v) is 8.20. The molecule has 0 bridgehead atoms. The number of carbonyl (C=O) groups excluding carboxylic acids is 1. The normalized spacial score (nSPS) is 11.3. The van der Waals surface area contributed by atoms with Crippen LogP contribution >= 0.6 is 0 Å². The number of nitro benzene ring substituents is 1. The Balaban J connectivity index is 3.74. The molecule has 0 heterocycles. The van der Waals surface area contributed by atoms with E-state index in [1.54, 1.807) is 14.8 Å². The first kappa shape index (κ1) is 16.8. The number of ether oxygens (including phenoxy) is 1. The van der Waals surface area contributed by atoms with E-state index in [2.05, 4.69) is 4.74 Å². The quantitative estimate of drug-likeness (QED) is 0.341. The van der Waals surface area contributed by atoms with Gasteiger partial charge in [0, 0.05) is 0 Å². The summed E-state index contributed by atoms with van der Waals surface area (Å²) >= 11 is -3.37. The number of nitrogens with zero attached hydrogens (tertiary/aromatic N) is 1. The fourth-order valence-electron chi connectivity index (χ4n) is 1.86. The van der Waals surface area contributed by atoms with Crippen LogP contribution in [0.3, 0.4) is 0 Å². The van der Waals surface area contributed by atoms with Gasteiger partial charge in [0.15, 0.2) is 0 Å². The number of carbonyl (C=O) groups is 1. The summed E-state index contributed by atoms with van der Waals surface area (Å²) in [5, 5.41) is 11.2. The summed E-state index contributed by atoms with van der Waals surface area (Å²) < 4.78 is 32.0. The topological polar surface area (TPSA) is 69.4 Å². The fourth-order valence-corrected chi connectivity index (χ4v) is 6.75. The first-order valence-electron chi connectivity index (χ1n) is 5.95. The van der Waals surface area contributed by atoms with Gasteiger partial charge in [0.05, 0.1) is 0 Å². The third kappa shape index (κ3) is 3.25. The molecule has 5 nitrogen and oxygen atoms in total. The van der Waals surface area contributed by atoms with E-state index in [1.807, 2.05) is 0 Å². The molecule has 1 aromatic carbocycles. The Morgan fingerprint density at radius 1 is 1.40 bits per heavy atom. The van der Waals surface area contributed by atoms with Crippen molar-refractivity contribution in [2.45, 2.75) is 21.7 Å². The average molecular weight is 394 g/mol. The molecule has 0 atom stereocenters. The molecular weight excluding hydrogens is 379 g/mol. The van der Waals surface area contributed by atoms with Gasteiger partial charge in [0.1, 0.15) is 0 Å². The van der Waals surface area contributed by atoms with E-state index in [0.29, 0.717) is 6.07 Å². The van der Waals surface area contributed by atoms with Gasteiger partial charge in [0.25, 0.3) is 0 Å². The maximum absolute atomic E-state index is 14.0. The maximum atomic E-state index is 14.0. The van der Waals surface area contributed by atoms with Crippen LogP contribution in [-0.2, 0) is 4.74 Å². The Kier molecular flexibility index (Phi) is 5.06. The van der Waals surface area contributed by atoms with Crippen molar-refractivity contribution >= 4 is 33.6 Å². The molecule has 0 amide bonds. The summed E-state index contributed by atoms with van der Waals surface area (Å²) in [4.78, 5) is 27.2. The molecule has 1 rings (SSSR count). The molecule has 0 radical (unpaired) electrons. The molecule has 0 aliphatic rings. The van der Waals surface area contributed by atoms with Crippen molar-refractivity contribution in [1.82, 2.24) is 0 Å². The van der Waals surface area contributed by atoms with Crippen LogP contribution in [0.15, 0.2) is 6.07 Å². The Morgan fingerprint density at radius 2 is 1.95 bits per heavy atom. The van der Waals surface area contributed by atoms with Gasteiger partial charge < -0.3 is 0 Å². The molecule has 0 spiro atoms. The molecule has 110 valence electrons. The molecular formula is C12H15F2NO4Sn. The van der Waals surface area contributed by atoms with Gasteiger partial charge in [-0.3, -0.25) is 0 Å². The Bertz CT molecular complexity index is 570. The van der Waals surface area contributed by atoms with Crippen molar-refractivity contribution < 1.29 is 23.2 Å². The van der Waals surface area contributed by atoms with Crippen LogP contribution in [0.2, 0.25) is 14.8 Å². The summed E-state index contributed by atoms with van der Waals surface area (Å²) in [6.45, 7) is 1.51. The van der Waals surface area contributed by atoms with Gasteiger partial charge in [-0.15, -0.1) is 0 Å². The first-order chi connectivity index (χ1) is 9.11. The Morgan fingerprint density at radius 3 is 2.35 bits per heavy atom. The Hall–Kier alpha value is -1.25. The van der Waals surface area contributed by atoms with Crippen LogP contribution in [0.4, 0.5) is 14.5 Å². The van der Waals surface area contributed by atoms with Crippen molar-refractivity contribution in [1.29, 1.82) is 0 Å². The summed E-state index contributed by atoms with van der Waals surface area (Å²) in [5.74, 6) is -3.51. The van der Waals surface area contributed by atoms with Gasteiger partial charge >= 0.3 is 119 Å². The summed E-state index contributed by atoms with van der Waals surface area (Å²) in [5.41, 5.74) is -1.19. The van der Waals surface area contributed by atoms with Crippen LogP contribution in [0.5, 0.6) is 0 Å². The monoisotopic (exact) mass is 395 g/mol. The van der Waals surface area contributed by atoms with Crippen molar-refractivity contribution in [3.05, 3.63) is 33.4 Å². The van der Waals surface area contributed by atoms with Gasteiger partial charge in [-0.1, -0.05) is 0 Å². The second-order valence-electron chi connectivity index (χ2n) is 5.17. The van der Waals surface area contributed by atoms with E-state index >= 15 is 0 Å². The zero-order valence-corrected chi connectivity index (χ0v) is 14.5. The van der Waals surface area contributed by atoms with E-state index in [-0.39, 0.29) is 10.2 Å². The van der Waals surface area contributed by atoms with Crippen molar-refractivity contribution in [3.63, 3.8) is 0 Å². The number of benzene rings is 1. The van der Waals surface area contributed by atoms with Crippen LogP contribution in [0.25, 0.3) is 0 Å². The third-order valence-electron chi connectivity index (χ3n) is 2.62. The van der Waals surface area contributed by atoms with Crippen LogP contribution in [0, 0.1) is 21.7 Å². The van der Waals surface area contributed by atoms with Crippen molar-refractivity contribution in [2.75, 3.05) is 6.61 Å². The molecule has 0 unspecified atom stereocenters. The number of hydrogen-bond acceptors (Lipinski definition) is 4. The van der Waals surface area contributed by atoms with Crippen LogP contribution in [-0.4, -0.2) is 35.9 Å². The van der Waals surface area contributed by atoms with Crippen LogP contribution in [0.1, 0.15) is 17.3 Å². The molecule has 0 N–H and O–H groups in total. The summed E-state index contributed by atoms with van der Waals surface area (Å²) in [6.07, 6.45) is 0. The second-order valence-corrected chi connectivity index (χ2v) is 19.4. The first-order valence-corrected chi connectivity index (χ1v) is 15.9. The molecule has 8 heteroatoms. The van der Waals surface area contributed by atoms with E-state index < -0.39 is 52.2 Å². The van der Waals surface area contributed by atoms with E-state index in [4.69, 9.17) is 0 Å². The number of hydrogen-bond donors (Lipinski definition) is 0. The summed E-state index contributed by atoms with van der Waals surface area (Å²) in [7, 11) is 0. The molecule has 1 aromatic rings. The average Bonchev–Trinajstić information content (AvgIpc) is 2.30. The summed E-state index contributed by atoms with van der Waals surface area (Å²) in [6, 6.07) is 0.534. The molecule has 0 aliphatic carbocycles. The molecule has 0 aliphatic heterocycles. The fraction of sp³-hybridized carbons (Fsp3) is 0.417. The predicted molar refractivity (Wildman–Crippen MR) is 71.9 cm³/mol. The molecule has 0 saturated carbocycles. The molecule has 0 fully saturated rings. The van der Waals surface area contributed by atoms with E-state index in [0.717, 1.165) is 0 Å². The van der Waals surface area contributed by atoms with Gasteiger partial charge in [-0.25, -0.2) is 0 Å². The zero-order chi connectivity index (χ0) is 15.7. The predicted octanol–water partition coefficient (Wildman–Crippen LogP) is 2.59. The minimum absolute atomic E-state index is 0.0108. The number of esters is 1. The SMILES string of the molecule is CCOC(=O)c1cc(F)c(F)[c]([Sn]([CH3])([CH3])[CH3])c1[N+](=O)[O-]. The molecule has 20 heavy (non-hydrogen) atoms. The van der Waals surface area contributed by atoms with Crippen LogP contribution < -0.4 is 3.58 Å². The number of halogens is 2. The van der Waals surface area contributed by atoms with E-state index in [1.165, 1.54) is 6.92 Å². The van der Waals surface area contributed by atoms with Crippen molar-refractivity contribution in [3.8, 4) is 0 Å². The molecule has 0 saturated heterocycles. The van der Waals surface area contributed by atoms with E-state index in [9.17, 15) is 23.7 Å². The zero-order valence-electron chi connectivity index (χ0n) is 11.6. The van der Waals surface area contributed by atoms with Gasteiger partial charge in [0.2, 0.25) is 0 Å². The number of rotatable bonds is 4. The van der Waals surface area contributed by atoms with Gasteiger partial charge in [-0.2, -0.15) is 0 Å². The number of nitro groups is 1.